The SMILES string of the molecule is COC(=O)C1C2CCC(CC2)C1Nc1cc(-c2c[nH]c3ncc(F)cc23)ncc1F. The minimum atomic E-state index is -0.493. The molecule has 2 bridgehead atoms. The molecule has 3 fully saturated rings. The summed E-state index contributed by atoms with van der Waals surface area (Å²) in [6.07, 6.45) is 8.00. The van der Waals surface area contributed by atoms with Crippen LogP contribution in [0.5, 0.6) is 0 Å². The highest BCUT2D eigenvalue weighted by atomic mass is 19.1. The smallest absolute Gasteiger partial charge is 0.311 e. The lowest BCUT2D eigenvalue weighted by Gasteiger charge is -2.47. The number of rotatable bonds is 4. The average Bonchev–Trinajstić information content (AvgIpc) is 3.18. The quantitative estimate of drug-likeness (QED) is 0.625. The van der Waals surface area contributed by atoms with E-state index in [2.05, 4.69) is 20.3 Å². The van der Waals surface area contributed by atoms with Crippen LogP contribution in [0, 0.1) is 29.4 Å². The monoisotopic (exact) mass is 412 g/mol. The second-order valence-corrected chi connectivity index (χ2v) is 8.20. The van der Waals surface area contributed by atoms with E-state index in [1.807, 2.05) is 0 Å². The Labute approximate surface area is 172 Å². The average molecular weight is 412 g/mol. The molecule has 2 N–H and O–H groups in total. The van der Waals surface area contributed by atoms with Crippen LogP contribution in [0.4, 0.5) is 14.5 Å². The molecule has 0 aromatic carbocycles. The van der Waals surface area contributed by atoms with E-state index in [1.54, 1.807) is 12.3 Å². The molecule has 0 saturated heterocycles. The van der Waals surface area contributed by atoms with Crippen LogP contribution < -0.4 is 5.32 Å². The number of pyridine rings is 2. The standard InChI is InChI=1S/C22H22F2N4O2/c1-30-22(29)19-11-2-4-12(5-3-11)20(19)28-18-7-17(25-10-16(18)24)15-9-27-21-14(15)6-13(23)8-26-21/h6-12,19-20H,2-5H2,1H3,(H,25,28)(H,26,27). The highest BCUT2D eigenvalue weighted by molar-refractivity contribution is 5.93. The minimum absolute atomic E-state index is 0.184. The first-order chi connectivity index (χ1) is 14.5. The van der Waals surface area contributed by atoms with Gasteiger partial charge in [0, 0.05) is 23.2 Å². The number of methoxy groups -OCH3 is 1. The Morgan fingerprint density at radius 3 is 2.67 bits per heavy atom. The number of fused-ring (bicyclic) bond motifs is 4. The fourth-order valence-electron chi connectivity index (χ4n) is 5.20. The Bertz CT molecular complexity index is 1110. The number of H-pyrrole nitrogens is 1. The molecule has 0 spiro atoms. The molecule has 2 atom stereocenters. The molecule has 3 saturated carbocycles. The van der Waals surface area contributed by atoms with E-state index >= 15 is 0 Å². The maximum absolute atomic E-state index is 14.7. The van der Waals surface area contributed by atoms with Gasteiger partial charge in [-0.25, -0.2) is 13.8 Å². The normalized spacial score (nSPS) is 25.4. The number of halogens is 2. The van der Waals surface area contributed by atoms with Crippen molar-refractivity contribution in [3.63, 3.8) is 0 Å². The van der Waals surface area contributed by atoms with Crippen molar-refractivity contribution in [3.05, 3.63) is 42.4 Å². The van der Waals surface area contributed by atoms with Gasteiger partial charge in [-0.05, 0) is 49.7 Å². The van der Waals surface area contributed by atoms with E-state index in [9.17, 15) is 13.6 Å². The van der Waals surface area contributed by atoms with E-state index < -0.39 is 11.6 Å². The summed E-state index contributed by atoms with van der Waals surface area (Å²) in [6.45, 7) is 0. The molecule has 0 radical (unpaired) electrons. The van der Waals surface area contributed by atoms with Gasteiger partial charge in [-0.2, -0.15) is 0 Å². The third-order valence-corrected chi connectivity index (χ3v) is 6.64. The molecule has 6 nitrogen and oxygen atoms in total. The lowest BCUT2D eigenvalue weighted by Crippen LogP contribution is -2.51. The Hall–Kier alpha value is -3.03. The molecule has 6 rings (SSSR count). The Morgan fingerprint density at radius 1 is 1.13 bits per heavy atom. The number of nitrogens with zero attached hydrogens (tertiary/aromatic N) is 2. The van der Waals surface area contributed by atoms with Gasteiger partial charge >= 0.3 is 5.97 Å². The number of nitrogens with one attached hydrogen (secondary N) is 2. The van der Waals surface area contributed by atoms with Crippen LogP contribution in [0.3, 0.4) is 0 Å². The summed E-state index contributed by atoms with van der Waals surface area (Å²) in [5.74, 6) is -0.927. The third kappa shape index (κ3) is 3.11. The zero-order chi connectivity index (χ0) is 20.8. The molecule has 3 aromatic heterocycles. The van der Waals surface area contributed by atoms with Crippen LogP contribution in [0.25, 0.3) is 22.3 Å². The number of ether oxygens (including phenoxy) is 1. The summed E-state index contributed by atoms with van der Waals surface area (Å²) in [4.78, 5) is 23.7. The minimum Gasteiger partial charge on any atom is -0.469 e. The van der Waals surface area contributed by atoms with Crippen molar-refractivity contribution in [2.75, 3.05) is 12.4 Å². The van der Waals surface area contributed by atoms with Crippen LogP contribution in [0.15, 0.2) is 30.7 Å². The first kappa shape index (κ1) is 19.0. The van der Waals surface area contributed by atoms with E-state index in [0.717, 1.165) is 38.1 Å². The molecule has 30 heavy (non-hydrogen) atoms. The molecule has 3 heterocycles. The van der Waals surface area contributed by atoms with Gasteiger partial charge in [-0.15, -0.1) is 0 Å². The fraction of sp³-hybridized carbons (Fsp3) is 0.409. The first-order valence-electron chi connectivity index (χ1n) is 10.2. The van der Waals surface area contributed by atoms with Gasteiger partial charge in [-0.3, -0.25) is 9.78 Å². The molecule has 3 aromatic rings. The number of aromatic nitrogens is 3. The van der Waals surface area contributed by atoms with Gasteiger partial charge < -0.3 is 15.0 Å². The molecule has 3 aliphatic carbocycles. The second-order valence-electron chi connectivity index (χ2n) is 8.20. The summed E-state index contributed by atoms with van der Waals surface area (Å²) in [5.41, 5.74) is 1.94. The van der Waals surface area contributed by atoms with Gasteiger partial charge in [0.1, 0.15) is 11.5 Å². The lowest BCUT2D eigenvalue weighted by atomic mass is 9.61. The summed E-state index contributed by atoms with van der Waals surface area (Å²) in [7, 11) is 1.40. The van der Waals surface area contributed by atoms with Crippen molar-refractivity contribution in [3.8, 4) is 11.3 Å². The molecular weight excluding hydrogens is 390 g/mol. The largest absolute Gasteiger partial charge is 0.469 e. The maximum atomic E-state index is 14.7. The van der Waals surface area contributed by atoms with E-state index in [1.165, 1.54) is 13.2 Å². The van der Waals surface area contributed by atoms with Crippen molar-refractivity contribution in [1.29, 1.82) is 0 Å². The fourth-order valence-corrected chi connectivity index (χ4v) is 5.20. The van der Waals surface area contributed by atoms with Crippen LogP contribution >= 0.6 is 0 Å². The number of hydrogen-bond donors (Lipinski definition) is 2. The van der Waals surface area contributed by atoms with Crippen molar-refractivity contribution in [2.45, 2.75) is 31.7 Å². The van der Waals surface area contributed by atoms with Gasteiger partial charge in [0.05, 0.1) is 36.8 Å². The molecular formula is C22H22F2N4O2. The van der Waals surface area contributed by atoms with Gasteiger partial charge in [0.25, 0.3) is 0 Å². The Morgan fingerprint density at radius 2 is 1.90 bits per heavy atom. The molecule has 0 amide bonds. The van der Waals surface area contributed by atoms with Crippen molar-refractivity contribution in [1.82, 2.24) is 15.0 Å². The number of hydrogen-bond acceptors (Lipinski definition) is 5. The number of carbonyl (C=O) groups is 1. The van der Waals surface area contributed by atoms with E-state index in [0.29, 0.717) is 28.2 Å². The zero-order valence-corrected chi connectivity index (χ0v) is 16.5. The van der Waals surface area contributed by atoms with Crippen LogP contribution in [-0.4, -0.2) is 34.1 Å². The molecule has 8 heteroatoms. The molecule has 0 aliphatic heterocycles. The van der Waals surface area contributed by atoms with Crippen molar-refractivity contribution in [2.24, 2.45) is 17.8 Å². The Balaban J connectivity index is 1.50. The van der Waals surface area contributed by atoms with Crippen LogP contribution in [0.1, 0.15) is 25.7 Å². The number of anilines is 1. The first-order valence-corrected chi connectivity index (χ1v) is 10.2. The Kier molecular flexibility index (Phi) is 4.64. The highest BCUT2D eigenvalue weighted by Crippen LogP contribution is 2.47. The van der Waals surface area contributed by atoms with Crippen LogP contribution in [-0.2, 0) is 9.53 Å². The highest BCUT2D eigenvalue weighted by Gasteiger charge is 2.47. The predicted molar refractivity (Wildman–Crippen MR) is 108 cm³/mol. The topological polar surface area (TPSA) is 79.9 Å². The molecule has 156 valence electrons. The second kappa shape index (κ2) is 7.34. The summed E-state index contributed by atoms with van der Waals surface area (Å²) in [6, 6.07) is 2.80. The number of aromatic amines is 1. The van der Waals surface area contributed by atoms with Crippen LogP contribution in [0.2, 0.25) is 0 Å². The number of carbonyl (C=O) groups excluding carboxylic acids is 1. The van der Waals surface area contributed by atoms with Gasteiger partial charge in [0.15, 0.2) is 5.82 Å². The zero-order valence-electron chi connectivity index (χ0n) is 16.5. The lowest BCUT2D eigenvalue weighted by molar-refractivity contribution is -0.152. The predicted octanol–water partition coefficient (Wildman–Crippen LogP) is 4.29. The van der Waals surface area contributed by atoms with Gasteiger partial charge in [0.2, 0.25) is 0 Å². The van der Waals surface area contributed by atoms with Crippen molar-refractivity contribution < 1.29 is 18.3 Å². The van der Waals surface area contributed by atoms with Gasteiger partial charge in [-0.1, -0.05) is 0 Å². The van der Waals surface area contributed by atoms with Crippen molar-refractivity contribution >= 4 is 22.7 Å². The summed E-state index contributed by atoms with van der Waals surface area (Å²) < 4.78 is 33.4. The molecule has 2 unspecified atom stereocenters. The molecule has 3 aliphatic rings. The van der Waals surface area contributed by atoms with E-state index in [-0.39, 0.29) is 29.5 Å². The summed E-state index contributed by atoms with van der Waals surface area (Å²) in [5, 5.41) is 3.87. The third-order valence-electron chi connectivity index (χ3n) is 6.64. The maximum Gasteiger partial charge on any atom is 0.311 e. The van der Waals surface area contributed by atoms with E-state index in [4.69, 9.17) is 4.74 Å². The summed E-state index contributed by atoms with van der Waals surface area (Å²) >= 11 is 0. The number of esters is 1.